The Bertz CT molecular complexity index is 553. The van der Waals surface area contributed by atoms with Crippen LogP contribution in [0.25, 0.3) is 0 Å². The van der Waals surface area contributed by atoms with Crippen LogP contribution >= 0.6 is 0 Å². The highest BCUT2D eigenvalue weighted by molar-refractivity contribution is 5.85. The van der Waals surface area contributed by atoms with E-state index in [2.05, 4.69) is 10.2 Å². The molecule has 0 saturated carbocycles. The number of nitrogens with one attached hydrogen (secondary N) is 1. The lowest BCUT2D eigenvalue weighted by molar-refractivity contribution is -0.136. The van der Waals surface area contributed by atoms with E-state index in [1.54, 1.807) is 0 Å². The number of nitrogens with zero attached hydrogens (tertiary/aromatic N) is 1. The summed E-state index contributed by atoms with van der Waals surface area (Å²) in [6.07, 6.45) is 0.0584. The molecule has 22 heavy (non-hydrogen) atoms. The summed E-state index contributed by atoms with van der Waals surface area (Å²) in [6, 6.07) is 7.58. The van der Waals surface area contributed by atoms with Crippen LogP contribution in [0.1, 0.15) is 31.1 Å². The van der Waals surface area contributed by atoms with Gasteiger partial charge in [0, 0.05) is 13.1 Å². The van der Waals surface area contributed by atoms with Crippen LogP contribution in [0.15, 0.2) is 24.3 Å². The minimum atomic E-state index is -0.624. The predicted octanol–water partition coefficient (Wildman–Crippen LogP) is 0.872. The molecule has 1 amide bonds. The predicted molar refractivity (Wildman–Crippen MR) is 83.5 cm³/mol. The summed E-state index contributed by atoms with van der Waals surface area (Å²) in [5, 5.41) is 13.5. The van der Waals surface area contributed by atoms with Crippen LogP contribution in [0.4, 0.5) is 0 Å². The van der Waals surface area contributed by atoms with Gasteiger partial charge in [0.2, 0.25) is 5.91 Å². The first kappa shape index (κ1) is 15.5. The Morgan fingerprint density at radius 2 is 2.00 bits per heavy atom. The van der Waals surface area contributed by atoms with Gasteiger partial charge >= 0.3 is 0 Å². The van der Waals surface area contributed by atoms with Crippen LogP contribution in [0.2, 0.25) is 0 Å². The van der Waals surface area contributed by atoms with Crippen molar-refractivity contribution in [1.82, 2.24) is 10.2 Å². The van der Waals surface area contributed by atoms with E-state index >= 15 is 0 Å². The van der Waals surface area contributed by atoms with Crippen molar-refractivity contribution >= 4 is 5.91 Å². The number of morpholine rings is 1. The normalized spacial score (nSPS) is 25.8. The topological polar surface area (TPSA) is 61.8 Å². The fraction of sp³-hybridized carbons (Fsp3) is 0.588. The highest BCUT2D eigenvalue weighted by Crippen LogP contribution is 2.31. The molecule has 0 unspecified atom stereocenters. The van der Waals surface area contributed by atoms with E-state index in [9.17, 15) is 9.90 Å². The zero-order chi connectivity index (χ0) is 15.7. The molecular formula is C17H24N2O3. The largest absolute Gasteiger partial charge is 0.386 e. The second-order valence-electron chi connectivity index (χ2n) is 6.59. The Kier molecular flexibility index (Phi) is 4.21. The maximum absolute atomic E-state index is 12.7. The van der Waals surface area contributed by atoms with Crippen molar-refractivity contribution in [2.75, 3.05) is 26.3 Å². The fourth-order valence-corrected chi connectivity index (χ4v) is 3.31. The molecule has 120 valence electrons. The van der Waals surface area contributed by atoms with E-state index in [0.29, 0.717) is 19.6 Å². The Labute approximate surface area is 131 Å². The molecule has 0 aromatic heterocycles. The van der Waals surface area contributed by atoms with Crippen LogP contribution in [0, 0.1) is 0 Å². The summed E-state index contributed by atoms with van der Waals surface area (Å²) in [7, 11) is 0. The van der Waals surface area contributed by atoms with Gasteiger partial charge < -0.3 is 15.2 Å². The number of amides is 1. The van der Waals surface area contributed by atoms with Gasteiger partial charge in [0.25, 0.3) is 0 Å². The van der Waals surface area contributed by atoms with Gasteiger partial charge in [-0.2, -0.15) is 0 Å². The lowest BCUT2D eigenvalue weighted by atomic mass is 9.99. The van der Waals surface area contributed by atoms with Gasteiger partial charge in [0.1, 0.15) is 0 Å². The van der Waals surface area contributed by atoms with Gasteiger partial charge in [-0.15, -0.1) is 0 Å². The standard InChI is InChI=1S/C17H24N2O3/c1-17(2,19-7-9-22-10-8-19)16(21)18-14-11-12-5-3-4-6-13(12)15(14)20/h3-6,14-15,20H,7-11H2,1-2H3,(H,18,21)/t14-,15+/m0/s1. The van der Waals surface area contributed by atoms with Crippen molar-refractivity contribution < 1.29 is 14.6 Å². The molecule has 1 fully saturated rings. The zero-order valence-corrected chi connectivity index (χ0v) is 13.2. The highest BCUT2D eigenvalue weighted by Gasteiger charge is 2.39. The number of carbonyl (C=O) groups excluding carboxylic acids is 1. The first-order valence-electron chi connectivity index (χ1n) is 7.90. The smallest absolute Gasteiger partial charge is 0.240 e. The van der Waals surface area contributed by atoms with Crippen molar-refractivity contribution in [2.45, 2.75) is 38.0 Å². The molecule has 5 heteroatoms. The molecule has 3 rings (SSSR count). The first-order valence-corrected chi connectivity index (χ1v) is 7.90. The van der Waals surface area contributed by atoms with Crippen LogP contribution in [-0.2, 0) is 16.0 Å². The first-order chi connectivity index (χ1) is 10.5. The SMILES string of the molecule is CC(C)(C(=O)N[C@H]1Cc2ccccc2[C@H]1O)N1CCOCC1. The molecular weight excluding hydrogens is 280 g/mol. The Balaban J connectivity index is 1.67. The van der Waals surface area contributed by atoms with Gasteiger partial charge in [0.05, 0.1) is 30.9 Å². The molecule has 1 aliphatic carbocycles. The summed E-state index contributed by atoms with van der Waals surface area (Å²) in [5.41, 5.74) is 1.44. The van der Waals surface area contributed by atoms with Gasteiger partial charge in [-0.25, -0.2) is 0 Å². The zero-order valence-electron chi connectivity index (χ0n) is 13.2. The summed E-state index contributed by atoms with van der Waals surface area (Å²) in [4.78, 5) is 14.9. The van der Waals surface area contributed by atoms with Crippen LogP contribution in [0.5, 0.6) is 0 Å². The molecule has 1 aromatic rings. The average molecular weight is 304 g/mol. The minimum Gasteiger partial charge on any atom is -0.386 e. The number of aliphatic hydroxyl groups is 1. The molecule has 0 spiro atoms. The molecule has 1 saturated heterocycles. The molecule has 5 nitrogen and oxygen atoms in total. The van der Waals surface area contributed by atoms with E-state index < -0.39 is 11.6 Å². The van der Waals surface area contributed by atoms with Gasteiger partial charge in [0.15, 0.2) is 0 Å². The lowest BCUT2D eigenvalue weighted by Gasteiger charge is -2.40. The molecule has 2 atom stereocenters. The van der Waals surface area contributed by atoms with Gasteiger partial charge in [-0.1, -0.05) is 24.3 Å². The van der Waals surface area contributed by atoms with E-state index in [1.165, 1.54) is 0 Å². The van der Waals surface area contributed by atoms with Crippen molar-refractivity contribution in [1.29, 1.82) is 0 Å². The van der Waals surface area contributed by atoms with Gasteiger partial charge in [-0.3, -0.25) is 9.69 Å². The van der Waals surface area contributed by atoms with Crippen molar-refractivity contribution in [2.24, 2.45) is 0 Å². The summed E-state index contributed by atoms with van der Waals surface area (Å²) in [5.74, 6) is -0.0359. The quantitative estimate of drug-likeness (QED) is 0.870. The van der Waals surface area contributed by atoms with Crippen LogP contribution in [0.3, 0.4) is 0 Å². The Morgan fingerprint density at radius 1 is 1.32 bits per heavy atom. The van der Waals surface area contributed by atoms with Crippen molar-refractivity contribution in [3.8, 4) is 0 Å². The number of benzene rings is 1. The number of aliphatic hydroxyl groups excluding tert-OH is 1. The molecule has 0 bridgehead atoms. The van der Waals surface area contributed by atoms with E-state index in [4.69, 9.17) is 4.74 Å². The number of hydrogen-bond acceptors (Lipinski definition) is 4. The van der Waals surface area contributed by atoms with Gasteiger partial charge in [-0.05, 0) is 31.4 Å². The molecule has 1 aromatic carbocycles. The highest BCUT2D eigenvalue weighted by atomic mass is 16.5. The van der Waals surface area contributed by atoms with E-state index in [1.807, 2.05) is 38.1 Å². The number of rotatable bonds is 3. The molecule has 1 heterocycles. The number of fused-ring (bicyclic) bond motifs is 1. The summed E-state index contributed by atoms with van der Waals surface area (Å²) in [6.45, 7) is 6.70. The fourth-order valence-electron chi connectivity index (χ4n) is 3.31. The monoisotopic (exact) mass is 304 g/mol. The van der Waals surface area contributed by atoms with E-state index in [0.717, 1.165) is 24.2 Å². The Hall–Kier alpha value is -1.43. The third-order valence-corrected chi connectivity index (χ3v) is 4.87. The van der Waals surface area contributed by atoms with Crippen LogP contribution in [-0.4, -0.2) is 53.8 Å². The summed E-state index contributed by atoms with van der Waals surface area (Å²) < 4.78 is 5.35. The molecule has 2 aliphatic rings. The number of ether oxygens (including phenoxy) is 1. The summed E-state index contributed by atoms with van der Waals surface area (Å²) >= 11 is 0. The third kappa shape index (κ3) is 2.76. The molecule has 2 N–H and O–H groups in total. The van der Waals surface area contributed by atoms with Crippen LogP contribution < -0.4 is 5.32 Å². The molecule has 0 radical (unpaired) electrons. The van der Waals surface area contributed by atoms with Crippen molar-refractivity contribution in [3.63, 3.8) is 0 Å². The van der Waals surface area contributed by atoms with E-state index in [-0.39, 0.29) is 11.9 Å². The maximum Gasteiger partial charge on any atom is 0.240 e. The number of hydrogen-bond donors (Lipinski definition) is 2. The second kappa shape index (κ2) is 5.99. The Morgan fingerprint density at radius 3 is 2.68 bits per heavy atom. The average Bonchev–Trinajstić information content (AvgIpc) is 2.85. The number of carbonyl (C=O) groups is 1. The molecule has 1 aliphatic heterocycles. The maximum atomic E-state index is 12.7. The second-order valence-corrected chi connectivity index (χ2v) is 6.59. The van der Waals surface area contributed by atoms with Crippen molar-refractivity contribution in [3.05, 3.63) is 35.4 Å². The lowest BCUT2D eigenvalue weighted by Crippen LogP contribution is -2.59. The minimum absolute atomic E-state index is 0.0359. The third-order valence-electron chi connectivity index (χ3n) is 4.87.